The molecule has 2 aromatic rings. The number of fused-ring (bicyclic) bond motifs is 1. The molecule has 0 fully saturated rings. The van der Waals surface area contributed by atoms with Crippen LogP contribution in [0.25, 0.3) is 10.8 Å². The molecule has 0 aromatic heterocycles. The van der Waals surface area contributed by atoms with Crippen molar-refractivity contribution in [2.24, 2.45) is 5.90 Å². The van der Waals surface area contributed by atoms with E-state index in [1.165, 1.54) is 10.9 Å². The molecule has 0 aliphatic carbocycles. The van der Waals surface area contributed by atoms with Crippen molar-refractivity contribution >= 4 is 10.8 Å². The highest BCUT2D eigenvalue weighted by Crippen LogP contribution is 2.28. The number of methoxy groups -OCH3 is 1. The van der Waals surface area contributed by atoms with E-state index in [4.69, 9.17) is 10.6 Å². The van der Waals surface area contributed by atoms with Crippen LogP contribution in [-0.2, 0) is 11.3 Å². The molecule has 0 saturated carbocycles. The fourth-order valence-electron chi connectivity index (χ4n) is 1.90. The molecule has 2 aromatic carbocycles. The minimum absolute atomic E-state index is 0.524. The lowest BCUT2D eigenvalue weighted by molar-refractivity contribution is 0.141. The molecule has 0 unspecified atom stereocenters. The largest absolute Gasteiger partial charge is 0.496 e. The maximum absolute atomic E-state index is 5.33. The molecular weight excluding hydrogens is 202 g/mol. The summed E-state index contributed by atoms with van der Waals surface area (Å²) >= 11 is 0. The van der Waals surface area contributed by atoms with Crippen molar-refractivity contribution in [1.82, 2.24) is 0 Å². The van der Waals surface area contributed by atoms with E-state index < -0.39 is 0 Å². The third kappa shape index (κ3) is 2.01. The van der Waals surface area contributed by atoms with Gasteiger partial charge in [-0.05, 0) is 23.4 Å². The van der Waals surface area contributed by atoms with Gasteiger partial charge in [0.25, 0.3) is 0 Å². The SMILES string of the molecule is COc1ccc(CCON)c2ccccc12. The highest BCUT2D eigenvalue weighted by Gasteiger charge is 2.05. The molecule has 0 aliphatic heterocycles. The molecule has 0 saturated heterocycles. The normalized spacial score (nSPS) is 10.6. The zero-order valence-corrected chi connectivity index (χ0v) is 9.27. The van der Waals surface area contributed by atoms with Crippen LogP contribution >= 0.6 is 0 Å². The van der Waals surface area contributed by atoms with Crippen LogP contribution in [0.2, 0.25) is 0 Å². The Morgan fingerprint density at radius 2 is 1.81 bits per heavy atom. The summed E-state index contributed by atoms with van der Waals surface area (Å²) in [5.41, 5.74) is 1.22. The minimum atomic E-state index is 0.524. The fraction of sp³-hybridized carbons (Fsp3) is 0.231. The first kappa shape index (κ1) is 10.9. The van der Waals surface area contributed by atoms with Gasteiger partial charge in [0.05, 0.1) is 13.7 Å². The van der Waals surface area contributed by atoms with Gasteiger partial charge in [0.2, 0.25) is 0 Å². The Balaban J connectivity index is 2.51. The van der Waals surface area contributed by atoms with Gasteiger partial charge in [0, 0.05) is 5.39 Å². The van der Waals surface area contributed by atoms with E-state index >= 15 is 0 Å². The van der Waals surface area contributed by atoms with Gasteiger partial charge in [0.15, 0.2) is 0 Å². The number of nitrogens with two attached hydrogens (primary N) is 1. The van der Waals surface area contributed by atoms with Gasteiger partial charge in [-0.2, -0.15) is 0 Å². The van der Waals surface area contributed by atoms with Crippen molar-refractivity contribution in [2.45, 2.75) is 6.42 Å². The molecule has 0 aliphatic rings. The van der Waals surface area contributed by atoms with Crippen LogP contribution in [0.5, 0.6) is 5.75 Å². The molecule has 16 heavy (non-hydrogen) atoms. The molecule has 3 heteroatoms. The fourth-order valence-corrected chi connectivity index (χ4v) is 1.90. The van der Waals surface area contributed by atoms with Gasteiger partial charge in [-0.25, -0.2) is 5.90 Å². The Kier molecular flexibility index (Phi) is 3.39. The lowest BCUT2D eigenvalue weighted by Gasteiger charge is -2.09. The highest BCUT2D eigenvalue weighted by atomic mass is 16.6. The Labute approximate surface area is 94.7 Å². The molecule has 0 radical (unpaired) electrons. The van der Waals surface area contributed by atoms with Crippen molar-refractivity contribution in [1.29, 1.82) is 0 Å². The summed E-state index contributed by atoms with van der Waals surface area (Å²) in [6.45, 7) is 0.524. The second-order valence-corrected chi connectivity index (χ2v) is 3.59. The monoisotopic (exact) mass is 217 g/mol. The van der Waals surface area contributed by atoms with Gasteiger partial charge >= 0.3 is 0 Å². The third-order valence-electron chi connectivity index (χ3n) is 2.68. The van der Waals surface area contributed by atoms with E-state index in [0.717, 1.165) is 17.6 Å². The van der Waals surface area contributed by atoms with Crippen molar-refractivity contribution in [3.63, 3.8) is 0 Å². The zero-order valence-electron chi connectivity index (χ0n) is 9.27. The summed E-state index contributed by atoms with van der Waals surface area (Å²) in [7, 11) is 1.68. The van der Waals surface area contributed by atoms with Crippen LogP contribution in [0.4, 0.5) is 0 Å². The first-order chi connectivity index (χ1) is 7.86. The second kappa shape index (κ2) is 4.96. The second-order valence-electron chi connectivity index (χ2n) is 3.59. The summed E-state index contributed by atoms with van der Waals surface area (Å²) in [6, 6.07) is 12.2. The Hall–Kier alpha value is -1.58. The number of ether oxygens (including phenoxy) is 1. The molecule has 2 rings (SSSR count). The molecule has 2 N–H and O–H groups in total. The molecular formula is C13H15NO2. The molecule has 0 spiro atoms. The van der Waals surface area contributed by atoms with Crippen molar-refractivity contribution in [2.75, 3.05) is 13.7 Å². The van der Waals surface area contributed by atoms with Gasteiger partial charge in [-0.15, -0.1) is 0 Å². The van der Waals surface area contributed by atoms with E-state index in [1.807, 2.05) is 18.2 Å². The molecule has 0 bridgehead atoms. The van der Waals surface area contributed by atoms with Crippen LogP contribution in [0.15, 0.2) is 36.4 Å². The van der Waals surface area contributed by atoms with E-state index in [-0.39, 0.29) is 0 Å². The number of hydrogen-bond donors (Lipinski definition) is 1. The van der Waals surface area contributed by atoms with Crippen LogP contribution in [0.1, 0.15) is 5.56 Å². The summed E-state index contributed by atoms with van der Waals surface area (Å²) in [6.07, 6.45) is 0.807. The lowest BCUT2D eigenvalue weighted by atomic mass is 10.0. The summed E-state index contributed by atoms with van der Waals surface area (Å²) in [5, 5.41) is 2.32. The molecule has 0 amide bonds. The standard InChI is InChI=1S/C13H15NO2/c1-15-13-7-6-10(8-9-16-14)11-4-2-3-5-12(11)13/h2-7H,8-9,14H2,1H3. The van der Waals surface area contributed by atoms with Gasteiger partial charge in [-0.3, -0.25) is 0 Å². The van der Waals surface area contributed by atoms with Crippen molar-refractivity contribution < 1.29 is 9.57 Å². The Bertz CT molecular complexity index is 482. The van der Waals surface area contributed by atoms with Crippen molar-refractivity contribution in [3.05, 3.63) is 42.0 Å². The Morgan fingerprint density at radius 1 is 1.06 bits per heavy atom. The summed E-state index contributed by atoms with van der Waals surface area (Å²) in [4.78, 5) is 4.62. The molecule has 84 valence electrons. The van der Waals surface area contributed by atoms with E-state index in [1.54, 1.807) is 7.11 Å². The molecule has 0 atom stereocenters. The predicted octanol–water partition coefficient (Wildman–Crippen LogP) is 2.28. The van der Waals surface area contributed by atoms with Gasteiger partial charge in [-0.1, -0.05) is 30.3 Å². The van der Waals surface area contributed by atoms with Crippen LogP contribution < -0.4 is 10.6 Å². The smallest absolute Gasteiger partial charge is 0.126 e. The van der Waals surface area contributed by atoms with E-state index in [9.17, 15) is 0 Å². The number of hydrogen-bond acceptors (Lipinski definition) is 3. The highest BCUT2D eigenvalue weighted by molar-refractivity contribution is 5.91. The van der Waals surface area contributed by atoms with Gasteiger partial charge < -0.3 is 9.57 Å². The maximum Gasteiger partial charge on any atom is 0.126 e. The van der Waals surface area contributed by atoms with Crippen LogP contribution in [0, 0.1) is 0 Å². The predicted molar refractivity (Wildman–Crippen MR) is 64.3 cm³/mol. The summed E-state index contributed by atoms with van der Waals surface area (Å²) in [5.74, 6) is 5.95. The number of rotatable bonds is 4. The average molecular weight is 217 g/mol. The van der Waals surface area contributed by atoms with Crippen LogP contribution in [-0.4, -0.2) is 13.7 Å². The zero-order chi connectivity index (χ0) is 11.4. The maximum atomic E-state index is 5.33. The quantitative estimate of drug-likeness (QED) is 0.799. The van der Waals surface area contributed by atoms with Crippen molar-refractivity contribution in [3.8, 4) is 5.75 Å². The number of benzene rings is 2. The lowest BCUT2D eigenvalue weighted by Crippen LogP contribution is -2.04. The molecule has 0 heterocycles. The minimum Gasteiger partial charge on any atom is -0.496 e. The Morgan fingerprint density at radius 3 is 2.50 bits per heavy atom. The van der Waals surface area contributed by atoms with Gasteiger partial charge in [0.1, 0.15) is 5.75 Å². The average Bonchev–Trinajstić information content (AvgIpc) is 2.36. The van der Waals surface area contributed by atoms with E-state index in [0.29, 0.717) is 6.61 Å². The first-order valence-electron chi connectivity index (χ1n) is 5.23. The van der Waals surface area contributed by atoms with Crippen LogP contribution in [0.3, 0.4) is 0 Å². The topological polar surface area (TPSA) is 44.5 Å². The third-order valence-corrected chi connectivity index (χ3v) is 2.68. The first-order valence-corrected chi connectivity index (χ1v) is 5.23. The summed E-state index contributed by atoms with van der Waals surface area (Å²) < 4.78 is 5.33. The molecule has 3 nitrogen and oxygen atoms in total. The van der Waals surface area contributed by atoms with E-state index in [2.05, 4.69) is 23.0 Å².